The normalized spacial score (nSPS) is 23.2. The van der Waals surface area contributed by atoms with Gasteiger partial charge in [-0.05, 0) is 80.0 Å². The summed E-state index contributed by atoms with van der Waals surface area (Å²) < 4.78 is 0. The zero-order chi connectivity index (χ0) is 25.1. The third-order valence-electron chi connectivity index (χ3n) is 8.88. The molecule has 3 aliphatic rings. The molecule has 2 aliphatic carbocycles. The van der Waals surface area contributed by atoms with Crippen LogP contribution in [0.2, 0.25) is 0 Å². The fourth-order valence-electron chi connectivity index (χ4n) is 7.23. The van der Waals surface area contributed by atoms with Crippen molar-refractivity contribution in [1.82, 2.24) is 0 Å². The van der Waals surface area contributed by atoms with Gasteiger partial charge in [0.1, 0.15) is 0 Å². The van der Waals surface area contributed by atoms with Crippen LogP contribution >= 0.6 is 0 Å². The fourth-order valence-corrected chi connectivity index (χ4v) is 7.23. The number of fused-ring (bicyclic) bond motifs is 3. The summed E-state index contributed by atoms with van der Waals surface area (Å²) in [4.78, 5) is 18.9. The van der Waals surface area contributed by atoms with Gasteiger partial charge in [-0.25, -0.2) is 0 Å². The van der Waals surface area contributed by atoms with Gasteiger partial charge in [0.2, 0.25) is 0 Å². The largest absolute Gasteiger partial charge is 0.481 e. The molecule has 2 aromatic carbocycles. The van der Waals surface area contributed by atoms with E-state index in [-0.39, 0.29) is 11.8 Å². The van der Waals surface area contributed by atoms with Gasteiger partial charge >= 0.3 is 5.97 Å². The SMILES string of the molecule is CCN1c2ccc(/C=C/C(=NCCC(=O)O)C3(c4ccccc4C)CCCCC3)cc2C2CCCC21. The van der Waals surface area contributed by atoms with Crippen molar-refractivity contribution in [3.05, 3.63) is 70.8 Å². The number of benzene rings is 2. The van der Waals surface area contributed by atoms with E-state index in [4.69, 9.17) is 4.99 Å². The van der Waals surface area contributed by atoms with Crippen LogP contribution in [-0.4, -0.2) is 35.9 Å². The minimum Gasteiger partial charge on any atom is -0.481 e. The molecule has 0 saturated heterocycles. The molecule has 4 heteroatoms. The summed E-state index contributed by atoms with van der Waals surface area (Å²) >= 11 is 0. The minimum atomic E-state index is -0.791. The van der Waals surface area contributed by atoms with Crippen molar-refractivity contribution in [2.45, 2.75) is 89.0 Å². The quantitative estimate of drug-likeness (QED) is 0.400. The lowest BCUT2D eigenvalue weighted by Crippen LogP contribution is -2.38. The van der Waals surface area contributed by atoms with Crippen LogP contribution in [-0.2, 0) is 10.2 Å². The summed E-state index contributed by atoms with van der Waals surface area (Å²) in [5.41, 5.74) is 7.70. The lowest BCUT2D eigenvalue weighted by Gasteiger charge is -2.39. The van der Waals surface area contributed by atoms with Crippen LogP contribution < -0.4 is 4.90 Å². The summed E-state index contributed by atoms with van der Waals surface area (Å²) in [7, 11) is 0. The van der Waals surface area contributed by atoms with Gasteiger partial charge in [0, 0.05) is 41.9 Å². The molecule has 36 heavy (non-hydrogen) atoms. The number of carboxylic acids is 1. The van der Waals surface area contributed by atoms with Gasteiger partial charge in [-0.1, -0.05) is 62.1 Å². The van der Waals surface area contributed by atoms with Crippen molar-refractivity contribution in [1.29, 1.82) is 0 Å². The topological polar surface area (TPSA) is 52.9 Å². The number of hydrogen-bond acceptors (Lipinski definition) is 3. The molecule has 2 saturated carbocycles. The number of aliphatic imine (C=N–C) groups is 1. The first-order valence-electron chi connectivity index (χ1n) is 13.9. The summed E-state index contributed by atoms with van der Waals surface area (Å²) in [5, 5.41) is 9.28. The van der Waals surface area contributed by atoms with E-state index in [1.165, 1.54) is 66.5 Å². The van der Waals surface area contributed by atoms with Gasteiger partial charge in [0.25, 0.3) is 0 Å². The second-order valence-corrected chi connectivity index (χ2v) is 10.9. The number of aryl methyl sites for hydroxylation is 1. The average Bonchev–Trinajstić information content (AvgIpc) is 3.47. The highest BCUT2D eigenvalue weighted by atomic mass is 16.4. The molecule has 2 unspecified atom stereocenters. The Morgan fingerprint density at radius 2 is 1.92 bits per heavy atom. The first-order valence-corrected chi connectivity index (χ1v) is 13.9. The van der Waals surface area contributed by atoms with Crippen molar-refractivity contribution in [3.8, 4) is 0 Å². The maximum atomic E-state index is 11.3. The lowest BCUT2D eigenvalue weighted by atomic mass is 9.65. The van der Waals surface area contributed by atoms with Crippen LogP contribution in [0.1, 0.15) is 92.9 Å². The number of likely N-dealkylation sites (N-methyl/N-ethyl adjacent to an activating group) is 1. The smallest absolute Gasteiger partial charge is 0.305 e. The predicted molar refractivity (Wildman–Crippen MR) is 149 cm³/mol. The third-order valence-corrected chi connectivity index (χ3v) is 8.88. The van der Waals surface area contributed by atoms with Gasteiger partial charge in [-0.15, -0.1) is 0 Å². The monoisotopic (exact) mass is 484 g/mol. The zero-order valence-corrected chi connectivity index (χ0v) is 21.9. The van der Waals surface area contributed by atoms with Crippen LogP contribution in [0.15, 0.2) is 53.5 Å². The molecule has 2 aromatic rings. The fraction of sp³-hybridized carbons (Fsp3) is 0.500. The number of carbonyl (C=O) groups is 1. The maximum absolute atomic E-state index is 11.3. The van der Waals surface area contributed by atoms with E-state index < -0.39 is 5.97 Å². The molecule has 4 nitrogen and oxygen atoms in total. The Kier molecular flexibility index (Phi) is 7.32. The summed E-state index contributed by atoms with van der Waals surface area (Å²) in [6.07, 6.45) is 14.1. The molecule has 0 amide bonds. The Morgan fingerprint density at radius 3 is 2.67 bits per heavy atom. The van der Waals surface area contributed by atoms with Crippen LogP contribution in [0.5, 0.6) is 0 Å². The molecule has 190 valence electrons. The second-order valence-electron chi connectivity index (χ2n) is 10.9. The molecule has 1 aliphatic heterocycles. The van der Waals surface area contributed by atoms with E-state index >= 15 is 0 Å². The van der Waals surface area contributed by atoms with E-state index in [0.29, 0.717) is 18.5 Å². The molecule has 0 aromatic heterocycles. The van der Waals surface area contributed by atoms with Gasteiger partial charge < -0.3 is 10.0 Å². The summed E-state index contributed by atoms with van der Waals surface area (Å²) in [6.45, 7) is 5.86. The summed E-state index contributed by atoms with van der Waals surface area (Å²) in [6, 6.07) is 16.3. The van der Waals surface area contributed by atoms with E-state index in [1.54, 1.807) is 0 Å². The molecular weight excluding hydrogens is 444 g/mol. The Morgan fingerprint density at radius 1 is 1.11 bits per heavy atom. The lowest BCUT2D eigenvalue weighted by molar-refractivity contribution is -0.136. The van der Waals surface area contributed by atoms with E-state index in [2.05, 4.69) is 73.4 Å². The van der Waals surface area contributed by atoms with Crippen molar-refractivity contribution in [3.63, 3.8) is 0 Å². The number of nitrogens with zero attached hydrogens (tertiary/aromatic N) is 2. The Balaban J connectivity index is 1.52. The average molecular weight is 485 g/mol. The predicted octanol–water partition coefficient (Wildman–Crippen LogP) is 7.30. The third kappa shape index (κ3) is 4.63. The van der Waals surface area contributed by atoms with Crippen molar-refractivity contribution < 1.29 is 9.90 Å². The van der Waals surface area contributed by atoms with Crippen LogP contribution in [0.25, 0.3) is 6.08 Å². The van der Waals surface area contributed by atoms with Crippen LogP contribution in [0.3, 0.4) is 0 Å². The van der Waals surface area contributed by atoms with Gasteiger partial charge in [-0.2, -0.15) is 0 Å². The highest BCUT2D eigenvalue weighted by Gasteiger charge is 2.41. The highest BCUT2D eigenvalue weighted by Crippen LogP contribution is 2.49. The number of allylic oxidation sites excluding steroid dienone is 1. The molecule has 2 fully saturated rings. The number of carboxylic acid groups (broad SMARTS) is 1. The van der Waals surface area contributed by atoms with E-state index in [0.717, 1.165) is 25.1 Å². The molecule has 1 heterocycles. The molecule has 1 N–H and O–H groups in total. The molecular formula is C32H40N2O2. The number of aliphatic carboxylic acids is 1. The first-order chi connectivity index (χ1) is 17.5. The molecule has 0 radical (unpaired) electrons. The number of rotatable bonds is 8. The molecule has 5 rings (SSSR count). The van der Waals surface area contributed by atoms with E-state index in [9.17, 15) is 9.90 Å². The Bertz CT molecular complexity index is 1160. The van der Waals surface area contributed by atoms with E-state index in [1.807, 2.05) is 0 Å². The number of hydrogen-bond donors (Lipinski definition) is 1. The minimum absolute atomic E-state index is 0.0654. The van der Waals surface area contributed by atoms with Crippen molar-refractivity contribution in [2.75, 3.05) is 18.0 Å². The Hall–Kier alpha value is -2.88. The standard InChI is InChI=1S/C32H40N2O2/c1-3-34-28-13-9-11-25(28)26-22-24(14-16-29(26)34)15-17-30(33-21-18-31(35)36)32(19-7-4-8-20-32)27-12-6-5-10-23(27)2/h5-6,10,12,14-17,22,25,28H,3-4,7-9,11,13,18-21H2,1-2H3,(H,35,36)/b17-15+,33-30?. The molecule has 2 atom stereocenters. The van der Waals surface area contributed by atoms with Crippen molar-refractivity contribution >= 4 is 23.4 Å². The molecule has 0 bridgehead atoms. The van der Waals surface area contributed by atoms with Crippen LogP contribution in [0.4, 0.5) is 5.69 Å². The zero-order valence-electron chi connectivity index (χ0n) is 21.9. The van der Waals surface area contributed by atoms with Gasteiger partial charge in [0.05, 0.1) is 6.42 Å². The van der Waals surface area contributed by atoms with Crippen molar-refractivity contribution in [2.24, 2.45) is 4.99 Å². The summed E-state index contributed by atoms with van der Waals surface area (Å²) in [5.74, 6) is -0.130. The Labute approximate surface area is 216 Å². The van der Waals surface area contributed by atoms with Gasteiger partial charge in [0.15, 0.2) is 0 Å². The molecule has 0 spiro atoms. The second kappa shape index (κ2) is 10.6. The number of anilines is 1. The van der Waals surface area contributed by atoms with Crippen LogP contribution in [0, 0.1) is 6.92 Å². The van der Waals surface area contributed by atoms with Gasteiger partial charge in [-0.3, -0.25) is 9.79 Å². The first kappa shape index (κ1) is 24.8. The maximum Gasteiger partial charge on any atom is 0.305 e. The highest BCUT2D eigenvalue weighted by molar-refractivity contribution is 6.06.